The van der Waals surface area contributed by atoms with E-state index >= 15 is 8.78 Å². The van der Waals surface area contributed by atoms with Crippen LogP contribution in [0.15, 0.2) is 170 Å². The number of hydrogen-bond acceptors (Lipinski definition) is 0. The van der Waals surface area contributed by atoms with Crippen molar-refractivity contribution in [2.24, 2.45) is 0 Å². The van der Waals surface area contributed by atoms with Crippen molar-refractivity contribution in [3.8, 4) is 55.9 Å². The van der Waals surface area contributed by atoms with Crippen molar-refractivity contribution >= 4 is 54.4 Å². The normalized spacial score (nSPS) is 14.2. The van der Waals surface area contributed by atoms with Crippen LogP contribution < -0.4 is 0 Å². The number of aryl methyl sites for hydroxylation is 4. The minimum Gasteiger partial charge on any atom is -0.309 e. The van der Waals surface area contributed by atoms with E-state index in [4.69, 9.17) is 0 Å². The van der Waals surface area contributed by atoms with Gasteiger partial charge in [-0.2, -0.15) is 0 Å². The van der Waals surface area contributed by atoms with Gasteiger partial charge in [0, 0.05) is 43.7 Å². The molecule has 0 unspecified atom stereocenters. The van der Waals surface area contributed by atoms with Crippen LogP contribution in [-0.4, -0.2) is 9.13 Å². The van der Waals surface area contributed by atoms with E-state index in [1.54, 1.807) is 12.1 Å². The predicted molar refractivity (Wildman–Crippen MR) is 297 cm³/mol. The molecule has 12 aromatic rings. The molecule has 0 atom stereocenters. The van der Waals surface area contributed by atoms with Gasteiger partial charge in [-0.15, -0.1) is 0 Å². The summed E-state index contributed by atoms with van der Waals surface area (Å²) in [6, 6.07) is 59.9. The molecule has 0 N–H and O–H groups in total. The first kappa shape index (κ1) is 42.8. The zero-order valence-corrected chi connectivity index (χ0v) is 41.8. The summed E-state index contributed by atoms with van der Waals surface area (Å²) in [5, 5.41) is 7.01. The van der Waals surface area contributed by atoms with Crippen molar-refractivity contribution in [1.29, 1.82) is 0 Å². The minimum absolute atomic E-state index is 0.287. The van der Waals surface area contributed by atoms with Gasteiger partial charge in [0.1, 0.15) is 11.6 Å². The highest BCUT2D eigenvalue weighted by atomic mass is 19.1. The second-order valence-electron chi connectivity index (χ2n) is 21.9. The summed E-state index contributed by atoms with van der Waals surface area (Å²) in [6.45, 7) is 17.9. The van der Waals surface area contributed by atoms with Crippen LogP contribution in [0, 0.1) is 39.3 Å². The maximum absolute atomic E-state index is 15.8. The molecular weight excluding hydrogens is 883 g/mol. The Morgan fingerprint density at radius 3 is 1.00 bits per heavy atom. The van der Waals surface area contributed by atoms with Crippen LogP contribution in [0.5, 0.6) is 0 Å². The first-order valence-corrected chi connectivity index (χ1v) is 25.2. The largest absolute Gasteiger partial charge is 0.309 e. The van der Waals surface area contributed by atoms with E-state index in [0.29, 0.717) is 0 Å². The lowest BCUT2D eigenvalue weighted by Crippen LogP contribution is -2.16. The average molecular weight is 935 g/mol. The summed E-state index contributed by atoms with van der Waals surface area (Å²) in [5.74, 6) is -0.574. The third kappa shape index (κ3) is 5.87. The fourth-order valence-electron chi connectivity index (χ4n) is 13.1. The Morgan fingerprint density at radius 1 is 0.319 bits per heavy atom. The quantitative estimate of drug-likeness (QED) is 0.166. The Labute approximate surface area is 418 Å². The lowest BCUT2D eigenvalue weighted by atomic mass is 9.76. The fraction of sp³-hybridized carbons (Fsp3) is 0.147. The van der Waals surface area contributed by atoms with Crippen molar-refractivity contribution < 1.29 is 8.78 Å². The lowest BCUT2D eigenvalue weighted by molar-refractivity contribution is 0.628. The zero-order valence-electron chi connectivity index (χ0n) is 41.8. The first-order valence-electron chi connectivity index (χ1n) is 25.2. The van der Waals surface area contributed by atoms with Crippen molar-refractivity contribution in [3.05, 3.63) is 226 Å². The molecule has 14 rings (SSSR count). The van der Waals surface area contributed by atoms with Crippen LogP contribution in [-0.2, 0) is 10.8 Å². The third-order valence-corrected chi connectivity index (χ3v) is 16.6. The molecular formula is C68H52F2N2. The second-order valence-corrected chi connectivity index (χ2v) is 21.9. The first-order chi connectivity index (χ1) is 34.6. The monoisotopic (exact) mass is 934 g/mol. The third-order valence-electron chi connectivity index (χ3n) is 16.6. The number of aromatic nitrogens is 2. The van der Waals surface area contributed by atoms with Gasteiger partial charge < -0.3 is 9.13 Å². The number of halogens is 2. The SMILES string of the molecule is Cc1ccc2c(c1)c1cc(C)ccc1n2-c1ccc2c(c1)C(C)(C)c1cc3c(-c4cccc(F)c4)c4c(cc3c(-c3cccc(F)c3)c1-2)C(C)(C)c1cc(-n2c3ccc(C)cc3c3cc(C)ccc32)ccc1-4. The molecule has 348 valence electrons. The molecule has 0 saturated carbocycles. The van der Waals surface area contributed by atoms with Gasteiger partial charge in [-0.3, -0.25) is 0 Å². The Hall–Kier alpha value is -8.08. The fourth-order valence-corrected chi connectivity index (χ4v) is 13.1. The predicted octanol–water partition coefficient (Wildman–Crippen LogP) is 18.5. The molecule has 0 fully saturated rings. The van der Waals surface area contributed by atoms with E-state index in [1.165, 1.54) is 89.1 Å². The van der Waals surface area contributed by atoms with Crippen molar-refractivity contribution in [2.75, 3.05) is 0 Å². The van der Waals surface area contributed by atoms with Gasteiger partial charge in [0.05, 0.1) is 22.1 Å². The lowest BCUT2D eigenvalue weighted by Gasteiger charge is -2.27. The number of benzene rings is 10. The standard InChI is InChI=1S/C68H52F2N2/c1-37-15-23-59-49(27-37)50-28-38(2)16-24-60(50)71(59)45-19-21-47-55(33-45)67(5,6)57-35-53-54(63(65(47)57)41-11-9-13-43(69)31-41)36-58-66(64(53)42-12-10-14-44(70)32-42)48-22-20-46(34-56(48)68(58,7)8)72-61-25-17-39(3)29-51(61)52-30-40(4)18-26-62(52)72/h9-36H,1-8H3. The topological polar surface area (TPSA) is 9.86 Å². The highest BCUT2D eigenvalue weighted by Crippen LogP contribution is 2.60. The maximum Gasteiger partial charge on any atom is 0.123 e. The second kappa shape index (κ2) is 14.7. The number of fused-ring (bicyclic) bond motifs is 13. The van der Waals surface area contributed by atoms with E-state index in [1.807, 2.05) is 12.1 Å². The Balaban J connectivity index is 1.05. The number of hydrogen-bond donors (Lipinski definition) is 0. The van der Waals surface area contributed by atoms with E-state index in [9.17, 15) is 0 Å². The molecule has 10 aromatic carbocycles. The molecule has 2 aliphatic rings. The van der Waals surface area contributed by atoms with Crippen LogP contribution in [0.2, 0.25) is 0 Å². The molecule has 0 amide bonds. The smallest absolute Gasteiger partial charge is 0.123 e. The van der Waals surface area contributed by atoms with E-state index in [0.717, 1.165) is 77.8 Å². The van der Waals surface area contributed by atoms with Gasteiger partial charge in [-0.1, -0.05) is 111 Å². The number of rotatable bonds is 4. The van der Waals surface area contributed by atoms with Crippen molar-refractivity contribution in [2.45, 2.75) is 66.2 Å². The zero-order chi connectivity index (χ0) is 49.3. The summed E-state index contributed by atoms with van der Waals surface area (Å²) in [4.78, 5) is 0. The highest BCUT2D eigenvalue weighted by Gasteiger charge is 2.42. The van der Waals surface area contributed by atoms with Crippen LogP contribution in [0.25, 0.3) is 110 Å². The molecule has 0 radical (unpaired) electrons. The van der Waals surface area contributed by atoms with Crippen LogP contribution in [0.3, 0.4) is 0 Å². The van der Waals surface area contributed by atoms with Gasteiger partial charge >= 0.3 is 0 Å². The Bertz CT molecular complexity index is 4000. The minimum atomic E-state index is -0.466. The molecule has 2 nitrogen and oxygen atoms in total. The molecule has 0 saturated heterocycles. The highest BCUT2D eigenvalue weighted by molar-refractivity contribution is 6.17. The van der Waals surface area contributed by atoms with Crippen LogP contribution in [0.1, 0.15) is 72.2 Å². The van der Waals surface area contributed by atoms with Gasteiger partial charge in [-0.05, 0) is 214 Å². The molecule has 2 heterocycles. The average Bonchev–Trinajstić information content (AvgIpc) is 3.99. The van der Waals surface area contributed by atoms with E-state index in [2.05, 4.69) is 198 Å². The maximum atomic E-state index is 15.8. The van der Waals surface area contributed by atoms with Gasteiger partial charge in [0.2, 0.25) is 0 Å². The Morgan fingerprint density at radius 2 is 0.667 bits per heavy atom. The molecule has 0 bridgehead atoms. The van der Waals surface area contributed by atoms with Crippen molar-refractivity contribution in [1.82, 2.24) is 9.13 Å². The molecule has 4 heteroatoms. The van der Waals surface area contributed by atoms with Crippen molar-refractivity contribution in [3.63, 3.8) is 0 Å². The number of nitrogens with zero attached hydrogens (tertiary/aromatic N) is 2. The van der Waals surface area contributed by atoms with E-state index in [-0.39, 0.29) is 11.6 Å². The van der Waals surface area contributed by atoms with E-state index < -0.39 is 10.8 Å². The molecule has 2 aliphatic carbocycles. The molecule has 72 heavy (non-hydrogen) atoms. The van der Waals surface area contributed by atoms with Crippen LogP contribution >= 0.6 is 0 Å². The summed E-state index contributed by atoms with van der Waals surface area (Å²) < 4.78 is 36.5. The summed E-state index contributed by atoms with van der Waals surface area (Å²) in [5.41, 5.74) is 23.8. The molecule has 0 aliphatic heterocycles. The van der Waals surface area contributed by atoms with Gasteiger partial charge in [-0.25, -0.2) is 8.78 Å². The summed E-state index contributed by atoms with van der Waals surface area (Å²) in [7, 11) is 0. The summed E-state index contributed by atoms with van der Waals surface area (Å²) in [6.07, 6.45) is 0. The van der Waals surface area contributed by atoms with Crippen LogP contribution in [0.4, 0.5) is 8.78 Å². The van der Waals surface area contributed by atoms with Gasteiger partial charge in [0.15, 0.2) is 0 Å². The molecule has 2 aromatic heterocycles. The van der Waals surface area contributed by atoms with Gasteiger partial charge in [0.25, 0.3) is 0 Å². The summed E-state index contributed by atoms with van der Waals surface area (Å²) >= 11 is 0. The Kier molecular flexibility index (Phi) is 8.76. The molecule has 0 spiro atoms.